The van der Waals surface area contributed by atoms with Gasteiger partial charge in [-0.25, -0.2) is 4.79 Å². The second kappa shape index (κ2) is 8.36. The summed E-state index contributed by atoms with van der Waals surface area (Å²) in [5, 5.41) is 3.12. The summed E-state index contributed by atoms with van der Waals surface area (Å²) in [6, 6.07) is 1.72. The fraction of sp³-hybridized carbons (Fsp3) is 0.722. The zero-order chi connectivity index (χ0) is 18.6. The van der Waals surface area contributed by atoms with Gasteiger partial charge in [0.15, 0.2) is 0 Å². The highest BCUT2D eigenvalue weighted by molar-refractivity contribution is 5.79. The number of nitrogens with zero attached hydrogens (tertiary/aromatic N) is 3. The number of rotatable bonds is 6. The predicted molar refractivity (Wildman–Crippen MR) is 99.1 cm³/mol. The number of anilines is 1. The zero-order valence-electron chi connectivity index (χ0n) is 15.7. The Labute approximate surface area is 148 Å². The number of hydrogen-bond donors (Lipinski definition) is 1. The maximum absolute atomic E-state index is 12.6. The van der Waals surface area contributed by atoms with Crippen molar-refractivity contribution in [3.8, 4) is 0 Å². The van der Waals surface area contributed by atoms with E-state index in [4.69, 9.17) is 0 Å². The molecule has 2 heterocycles. The second-order valence-corrected chi connectivity index (χ2v) is 6.73. The van der Waals surface area contributed by atoms with Gasteiger partial charge in [-0.15, -0.1) is 0 Å². The van der Waals surface area contributed by atoms with Gasteiger partial charge in [-0.1, -0.05) is 13.8 Å². The fourth-order valence-electron chi connectivity index (χ4n) is 3.43. The van der Waals surface area contributed by atoms with Gasteiger partial charge in [0.05, 0.1) is 5.92 Å². The molecule has 1 amide bonds. The molecule has 1 aromatic rings. The lowest BCUT2D eigenvalue weighted by Crippen LogP contribution is -2.48. The van der Waals surface area contributed by atoms with Crippen molar-refractivity contribution in [1.82, 2.24) is 14.5 Å². The summed E-state index contributed by atoms with van der Waals surface area (Å²) in [6.07, 6.45) is 3.54. The summed E-state index contributed by atoms with van der Waals surface area (Å²) in [4.78, 5) is 39.0. The Morgan fingerprint density at radius 3 is 2.56 bits per heavy atom. The molecule has 140 valence electrons. The zero-order valence-corrected chi connectivity index (χ0v) is 15.7. The van der Waals surface area contributed by atoms with Gasteiger partial charge in [0.2, 0.25) is 5.91 Å². The smallest absolute Gasteiger partial charge is 0.332 e. The third kappa shape index (κ3) is 4.14. The molecule has 7 nitrogen and oxygen atoms in total. The van der Waals surface area contributed by atoms with Crippen LogP contribution >= 0.6 is 0 Å². The molecule has 1 saturated heterocycles. The van der Waals surface area contributed by atoms with Crippen molar-refractivity contribution < 1.29 is 4.79 Å². The van der Waals surface area contributed by atoms with E-state index in [9.17, 15) is 14.4 Å². The molecule has 0 radical (unpaired) electrons. The highest BCUT2D eigenvalue weighted by Gasteiger charge is 2.28. The van der Waals surface area contributed by atoms with Crippen LogP contribution in [0.15, 0.2) is 15.7 Å². The van der Waals surface area contributed by atoms with Crippen molar-refractivity contribution in [2.24, 2.45) is 13.0 Å². The number of nitrogens with one attached hydrogen (secondary N) is 1. The first-order valence-corrected chi connectivity index (χ1v) is 9.29. The molecule has 1 aliphatic heterocycles. The summed E-state index contributed by atoms with van der Waals surface area (Å²) in [5.41, 5.74) is -0.623. The molecule has 0 spiro atoms. The van der Waals surface area contributed by atoms with Crippen LogP contribution in [0.3, 0.4) is 0 Å². The number of amides is 1. The van der Waals surface area contributed by atoms with Gasteiger partial charge in [0.25, 0.3) is 5.56 Å². The molecule has 1 aromatic heterocycles. The van der Waals surface area contributed by atoms with E-state index < -0.39 is 0 Å². The van der Waals surface area contributed by atoms with Crippen molar-refractivity contribution in [1.29, 1.82) is 0 Å². The quantitative estimate of drug-likeness (QED) is 0.833. The van der Waals surface area contributed by atoms with E-state index >= 15 is 0 Å². The van der Waals surface area contributed by atoms with Crippen LogP contribution in [0.4, 0.5) is 5.82 Å². The van der Waals surface area contributed by atoms with Gasteiger partial charge >= 0.3 is 5.69 Å². The van der Waals surface area contributed by atoms with Crippen LogP contribution in [-0.2, 0) is 18.4 Å². The first kappa shape index (κ1) is 19.3. The number of aromatic nitrogens is 2. The maximum Gasteiger partial charge on any atom is 0.332 e. The van der Waals surface area contributed by atoms with Gasteiger partial charge in [-0.2, -0.15) is 0 Å². The lowest BCUT2D eigenvalue weighted by Gasteiger charge is -2.35. The van der Waals surface area contributed by atoms with Crippen LogP contribution < -0.4 is 21.5 Å². The van der Waals surface area contributed by atoms with Crippen molar-refractivity contribution >= 4 is 11.7 Å². The summed E-state index contributed by atoms with van der Waals surface area (Å²) in [6.45, 7) is 7.81. The first-order valence-electron chi connectivity index (χ1n) is 9.29. The molecule has 25 heavy (non-hydrogen) atoms. The average Bonchev–Trinajstić information content (AvgIpc) is 2.63. The van der Waals surface area contributed by atoms with Crippen molar-refractivity contribution in [3.05, 3.63) is 26.9 Å². The van der Waals surface area contributed by atoms with Crippen LogP contribution in [0.2, 0.25) is 0 Å². The molecular weight excluding hydrogens is 320 g/mol. The number of piperidine rings is 1. The molecule has 1 unspecified atom stereocenters. The summed E-state index contributed by atoms with van der Waals surface area (Å²) >= 11 is 0. The van der Waals surface area contributed by atoms with E-state index in [0.29, 0.717) is 18.9 Å². The van der Waals surface area contributed by atoms with Gasteiger partial charge < -0.3 is 10.2 Å². The summed E-state index contributed by atoms with van der Waals surface area (Å²) < 4.78 is 2.72. The minimum absolute atomic E-state index is 0.0765. The highest BCUT2D eigenvalue weighted by Crippen LogP contribution is 2.22. The topological polar surface area (TPSA) is 76.3 Å². The standard InChI is InChI=1S/C18H30N4O3/c1-5-14(6-2)19-17(24)13-9-8-10-21(12-13)15-11-16(23)20(4)18(25)22(15)7-3/h11,13-14H,5-10,12H2,1-4H3,(H,19,24). The Morgan fingerprint density at radius 2 is 1.96 bits per heavy atom. The molecule has 7 heteroatoms. The van der Waals surface area contributed by atoms with E-state index in [1.807, 2.05) is 11.8 Å². The number of hydrogen-bond acceptors (Lipinski definition) is 4. The lowest BCUT2D eigenvalue weighted by atomic mass is 9.96. The van der Waals surface area contributed by atoms with Crippen molar-refractivity contribution in [2.45, 2.75) is 59.0 Å². The molecule has 1 fully saturated rings. The molecule has 1 atom stereocenters. The second-order valence-electron chi connectivity index (χ2n) is 6.73. The van der Waals surface area contributed by atoms with Crippen LogP contribution in [0, 0.1) is 5.92 Å². The molecule has 0 bridgehead atoms. The minimum Gasteiger partial charge on any atom is -0.357 e. The van der Waals surface area contributed by atoms with Gasteiger partial charge in [0.1, 0.15) is 5.82 Å². The highest BCUT2D eigenvalue weighted by atomic mass is 16.2. The minimum atomic E-state index is -0.312. The van der Waals surface area contributed by atoms with Crippen LogP contribution in [-0.4, -0.2) is 34.2 Å². The molecule has 1 aliphatic rings. The molecule has 1 N–H and O–H groups in total. The monoisotopic (exact) mass is 350 g/mol. The van der Waals surface area contributed by atoms with E-state index in [1.54, 1.807) is 4.57 Å². The van der Waals surface area contributed by atoms with Crippen molar-refractivity contribution in [3.63, 3.8) is 0 Å². The van der Waals surface area contributed by atoms with Crippen LogP contribution in [0.1, 0.15) is 46.5 Å². The van der Waals surface area contributed by atoms with Crippen molar-refractivity contribution in [2.75, 3.05) is 18.0 Å². The number of carbonyl (C=O) groups is 1. The van der Waals surface area contributed by atoms with Crippen LogP contribution in [0.25, 0.3) is 0 Å². The van der Waals surface area contributed by atoms with Gasteiger partial charge in [-0.3, -0.25) is 18.7 Å². The van der Waals surface area contributed by atoms with Crippen LogP contribution in [0.5, 0.6) is 0 Å². The predicted octanol–water partition coefficient (Wildman–Crippen LogP) is 1.09. The third-order valence-corrected chi connectivity index (χ3v) is 5.14. The Balaban J connectivity index is 2.23. The fourth-order valence-corrected chi connectivity index (χ4v) is 3.43. The molecule has 2 rings (SSSR count). The van der Waals surface area contributed by atoms with Gasteiger partial charge in [-0.05, 0) is 32.6 Å². The molecule has 0 aromatic carbocycles. The van der Waals surface area contributed by atoms with E-state index in [-0.39, 0.29) is 29.1 Å². The normalized spacial score (nSPS) is 17.8. The Kier molecular flexibility index (Phi) is 6.45. The number of carbonyl (C=O) groups excluding carboxylic acids is 1. The Morgan fingerprint density at radius 1 is 1.28 bits per heavy atom. The van der Waals surface area contributed by atoms with E-state index in [2.05, 4.69) is 19.2 Å². The summed E-state index contributed by atoms with van der Waals surface area (Å²) in [5.74, 6) is 0.585. The third-order valence-electron chi connectivity index (χ3n) is 5.14. The molecule has 0 aliphatic carbocycles. The van der Waals surface area contributed by atoms with Gasteiger partial charge in [0, 0.05) is 38.8 Å². The molecule has 0 saturated carbocycles. The van der Waals surface area contributed by atoms with E-state index in [1.165, 1.54) is 13.1 Å². The molecular formula is C18H30N4O3. The maximum atomic E-state index is 12.6. The Hall–Kier alpha value is -2.05. The summed E-state index contributed by atoms with van der Waals surface area (Å²) in [7, 11) is 1.49. The van der Waals surface area contributed by atoms with E-state index in [0.717, 1.165) is 36.8 Å². The SMILES string of the molecule is CCC(CC)NC(=O)C1CCCN(c2cc(=O)n(C)c(=O)n2CC)C1. The average molecular weight is 350 g/mol. The first-order chi connectivity index (χ1) is 11.9. The lowest BCUT2D eigenvalue weighted by molar-refractivity contribution is -0.126. The Bertz CT molecular complexity index is 718. The largest absolute Gasteiger partial charge is 0.357 e.